The molecule has 0 bridgehead atoms. The number of aliphatic imine (C=N–C) groups is 1. The summed E-state index contributed by atoms with van der Waals surface area (Å²) in [6.45, 7) is 0.136. The van der Waals surface area contributed by atoms with Gasteiger partial charge in [-0.3, -0.25) is 38.6 Å². The molecule has 3 aromatic rings. The summed E-state index contributed by atoms with van der Waals surface area (Å²) in [5.41, 5.74) is 25.2. The maximum atomic E-state index is 14.4. The lowest BCUT2D eigenvalue weighted by molar-refractivity contribution is -0.140. The number of carbonyl (C=O) groups excluding carboxylic acids is 7. The summed E-state index contributed by atoms with van der Waals surface area (Å²) in [6.07, 6.45) is 1.46. The van der Waals surface area contributed by atoms with Crippen molar-refractivity contribution in [3.8, 4) is 0 Å². The highest BCUT2D eigenvalue weighted by molar-refractivity contribution is 5.97. The Labute approximate surface area is 358 Å². The van der Waals surface area contributed by atoms with E-state index in [0.29, 0.717) is 24.0 Å². The molecule has 5 rings (SSSR count). The zero-order valence-electron chi connectivity index (χ0n) is 34.5. The summed E-state index contributed by atoms with van der Waals surface area (Å²) in [7, 11) is 0. The monoisotopic (exact) mass is 858 g/mol. The number of guanidine groups is 1. The van der Waals surface area contributed by atoms with E-state index in [4.69, 9.17) is 22.9 Å². The van der Waals surface area contributed by atoms with Crippen LogP contribution in [-0.2, 0) is 46.4 Å². The minimum atomic E-state index is -1.29. The summed E-state index contributed by atoms with van der Waals surface area (Å²) < 4.78 is 0. The first-order valence-corrected chi connectivity index (χ1v) is 20.9. The Kier molecular flexibility index (Phi) is 16.8. The number of carbonyl (C=O) groups is 7. The van der Waals surface area contributed by atoms with Crippen LogP contribution in [0.15, 0.2) is 65.8 Å². The average Bonchev–Trinajstić information content (AvgIpc) is 3.85. The molecule has 2 aliphatic rings. The molecular weight excluding hydrogens is 801 g/mol. The van der Waals surface area contributed by atoms with Gasteiger partial charge in [0.25, 0.3) is 0 Å². The lowest BCUT2D eigenvalue weighted by atomic mass is 10.0. The lowest BCUT2D eigenvalue weighted by Gasteiger charge is -2.29. The molecule has 334 valence electrons. The number of primary amides is 1. The Hall–Kier alpha value is -6.54. The topological polar surface area (TPSA) is 335 Å². The second-order valence-electron chi connectivity index (χ2n) is 15.7. The Balaban J connectivity index is 1.49. The predicted molar refractivity (Wildman–Crippen MR) is 229 cm³/mol. The number of H-pyrrole nitrogens is 1. The first-order valence-electron chi connectivity index (χ1n) is 20.9. The molecule has 20 heteroatoms. The molecule has 2 aromatic carbocycles. The van der Waals surface area contributed by atoms with E-state index < -0.39 is 77.8 Å². The molecule has 20 nitrogen and oxygen atoms in total. The highest BCUT2D eigenvalue weighted by atomic mass is 16.3. The van der Waals surface area contributed by atoms with E-state index in [1.54, 1.807) is 36.5 Å². The van der Waals surface area contributed by atoms with E-state index in [-0.39, 0.29) is 82.9 Å². The zero-order valence-corrected chi connectivity index (χ0v) is 34.5. The molecule has 62 heavy (non-hydrogen) atoms. The number of nitrogens with two attached hydrogens (primary N) is 4. The van der Waals surface area contributed by atoms with Gasteiger partial charge in [-0.1, -0.05) is 48.5 Å². The normalized spacial score (nSPS) is 25.3. The van der Waals surface area contributed by atoms with Crippen molar-refractivity contribution in [3.05, 3.63) is 71.9 Å². The number of rotatable bonds is 9. The van der Waals surface area contributed by atoms with Crippen LogP contribution in [0.3, 0.4) is 0 Å². The van der Waals surface area contributed by atoms with Crippen LogP contribution < -0.4 is 49.5 Å². The van der Waals surface area contributed by atoms with E-state index in [1.165, 1.54) is 0 Å². The smallest absolute Gasteiger partial charge is 0.243 e. The van der Waals surface area contributed by atoms with E-state index in [2.05, 4.69) is 36.6 Å². The number of nitrogens with one attached hydrogen (secondary N) is 6. The molecule has 1 aromatic heterocycles. The fourth-order valence-electron chi connectivity index (χ4n) is 7.65. The summed E-state index contributed by atoms with van der Waals surface area (Å²) >= 11 is 0. The first kappa shape index (κ1) is 46.5. The van der Waals surface area contributed by atoms with Gasteiger partial charge in [0.1, 0.15) is 30.2 Å². The van der Waals surface area contributed by atoms with Gasteiger partial charge in [-0.25, -0.2) is 0 Å². The fraction of sp³-hybridized carbons (Fsp3) is 0.476. The van der Waals surface area contributed by atoms with E-state index in [1.807, 2.05) is 24.3 Å². The van der Waals surface area contributed by atoms with Crippen LogP contribution in [0, 0.1) is 0 Å². The molecule has 0 saturated carbocycles. The van der Waals surface area contributed by atoms with Crippen molar-refractivity contribution in [3.63, 3.8) is 0 Å². The molecule has 7 amide bonds. The van der Waals surface area contributed by atoms with Gasteiger partial charge in [0.15, 0.2) is 5.96 Å². The number of hydrogen-bond donors (Lipinski definition) is 11. The van der Waals surface area contributed by atoms with Crippen molar-refractivity contribution in [1.29, 1.82) is 0 Å². The second-order valence-corrected chi connectivity index (χ2v) is 15.7. The summed E-state index contributed by atoms with van der Waals surface area (Å²) in [5, 5.41) is 25.1. The van der Waals surface area contributed by atoms with Crippen LogP contribution in [-0.4, -0.2) is 124 Å². The molecule has 7 atom stereocenters. The van der Waals surface area contributed by atoms with Gasteiger partial charge >= 0.3 is 0 Å². The number of aromatic nitrogens is 1. The molecule has 15 N–H and O–H groups in total. The second kappa shape index (κ2) is 22.3. The maximum Gasteiger partial charge on any atom is 0.243 e. The Bertz CT molecular complexity index is 2090. The third kappa shape index (κ3) is 13.2. The van der Waals surface area contributed by atoms with E-state index in [0.717, 1.165) is 15.8 Å². The molecule has 3 heterocycles. The van der Waals surface area contributed by atoms with Crippen LogP contribution in [0.4, 0.5) is 0 Å². The number of amides is 7. The molecule has 0 spiro atoms. The summed E-state index contributed by atoms with van der Waals surface area (Å²) in [4.78, 5) is 104. The molecule has 2 saturated heterocycles. The largest absolute Gasteiger partial charge is 0.391 e. The van der Waals surface area contributed by atoms with Gasteiger partial charge in [-0.05, 0) is 55.7 Å². The van der Waals surface area contributed by atoms with Crippen molar-refractivity contribution < 1.29 is 38.7 Å². The maximum absolute atomic E-state index is 14.4. The molecular formula is C42H58N12O8. The molecule has 0 radical (unpaired) electrons. The third-order valence-electron chi connectivity index (χ3n) is 11.0. The third-order valence-corrected chi connectivity index (χ3v) is 11.0. The van der Waals surface area contributed by atoms with Gasteiger partial charge in [0, 0.05) is 62.4 Å². The summed E-state index contributed by atoms with van der Waals surface area (Å²) in [6, 6.07) is 8.84. The number of aliphatic hydroxyl groups is 1. The number of para-hydroxylation sites is 1. The number of hydrogen-bond acceptors (Lipinski definition) is 10. The Morgan fingerprint density at radius 1 is 0.790 bits per heavy atom. The highest BCUT2D eigenvalue weighted by Gasteiger charge is 2.42. The standard InChI is InChI=1S/C42H58N12O8/c43-28-15-16-35(56)47-17-7-6-13-30(36(44)57)50-39(60)33(20-25-22-49-29-12-5-4-11-27(25)29)52-37(58)31(14-8-18-48-42(45)46)51-38(59)32(19-24-9-2-1-3-10-24)53-40(61)34-21-26(55)23-54(34)41(28)62/h1-5,9-12,22,26,28,30-34,49,55H,6-8,13-21,23,43H2,(H2,44,57)(H,47,56)(H,50,60)(H,51,59)(H,52,58)(H,53,61)(H4,45,46,48)/t26-,28+,30+,31+,32-,33+,34+/m1/s1. The van der Waals surface area contributed by atoms with Crippen LogP contribution in [0.25, 0.3) is 10.9 Å². The molecule has 0 unspecified atom stereocenters. The number of aromatic amines is 1. The van der Waals surface area contributed by atoms with Gasteiger partial charge in [0.05, 0.1) is 12.1 Å². The van der Waals surface area contributed by atoms with Crippen LogP contribution in [0.2, 0.25) is 0 Å². The summed E-state index contributed by atoms with van der Waals surface area (Å²) in [5.74, 6) is -4.95. The molecule has 0 aliphatic carbocycles. The molecule has 2 fully saturated rings. The van der Waals surface area contributed by atoms with E-state index in [9.17, 15) is 38.7 Å². The van der Waals surface area contributed by atoms with Crippen molar-refractivity contribution in [2.75, 3.05) is 19.6 Å². The average molecular weight is 859 g/mol. The molecule has 2 aliphatic heterocycles. The zero-order chi connectivity index (χ0) is 44.8. The van der Waals surface area contributed by atoms with Crippen molar-refractivity contribution in [2.24, 2.45) is 27.9 Å². The highest BCUT2D eigenvalue weighted by Crippen LogP contribution is 2.22. The minimum absolute atomic E-state index is 0.00276. The van der Waals surface area contributed by atoms with Crippen LogP contribution in [0.1, 0.15) is 62.5 Å². The number of fused-ring (bicyclic) bond motifs is 2. The predicted octanol–water partition coefficient (Wildman–Crippen LogP) is -2.20. The quantitative estimate of drug-likeness (QED) is 0.0623. The van der Waals surface area contributed by atoms with Gasteiger partial charge in [0.2, 0.25) is 41.4 Å². The van der Waals surface area contributed by atoms with E-state index >= 15 is 0 Å². The lowest BCUT2D eigenvalue weighted by Crippen LogP contribution is -2.60. The minimum Gasteiger partial charge on any atom is -0.391 e. The van der Waals surface area contributed by atoms with Crippen molar-refractivity contribution in [2.45, 2.75) is 107 Å². The van der Waals surface area contributed by atoms with Crippen LogP contribution >= 0.6 is 0 Å². The van der Waals surface area contributed by atoms with Gasteiger partial charge in [-0.15, -0.1) is 0 Å². The van der Waals surface area contributed by atoms with Crippen molar-refractivity contribution >= 4 is 58.2 Å². The van der Waals surface area contributed by atoms with Gasteiger partial charge in [-0.2, -0.15) is 0 Å². The van der Waals surface area contributed by atoms with Crippen LogP contribution in [0.5, 0.6) is 0 Å². The number of benzene rings is 2. The SMILES string of the molecule is NC(=O)[C@@H]1CCCCNC(=O)CC[C@H](N)C(=O)N2C[C@H](O)C[C@H]2C(=O)N[C@H](Cc2ccccc2)C(=O)N[C@@H](CCCN=C(N)N)C(=O)N[C@@H](Cc2c[nH]c3ccccc23)C(=O)N1. The Morgan fingerprint density at radius 3 is 2.19 bits per heavy atom. The van der Waals surface area contributed by atoms with Gasteiger partial charge < -0.3 is 64.5 Å². The van der Waals surface area contributed by atoms with Crippen molar-refractivity contribution in [1.82, 2.24) is 36.5 Å². The number of nitrogens with zero attached hydrogens (tertiary/aromatic N) is 2. The first-order chi connectivity index (χ1) is 29.7. The Morgan fingerprint density at radius 2 is 1.45 bits per heavy atom. The number of aliphatic hydroxyl groups excluding tert-OH is 1. The fourth-order valence-corrected chi connectivity index (χ4v) is 7.65.